The zero-order valence-electron chi connectivity index (χ0n) is 6.04. The van der Waals surface area contributed by atoms with E-state index in [1.54, 1.807) is 0 Å². The van der Waals surface area contributed by atoms with Crippen LogP contribution in [0.15, 0.2) is 0 Å². The number of hydrogen-bond acceptors (Lipinski definition) is 3. The first kappa shape index (κ1) is 8.01. The molecule has 1 aliphatic carbocycles. The first-order valence-electron chi connectivity index (χ1n) is 3.37. The molecule has 1 saturated carbocycles. The summed E-state index contributed by atoms with van der Waals surface area (Å²) in [6.45, 7) is 0.187. The lowest BCUT2D eigenvalue weighted by molar-refractivity contribution is 0.166. The predicted octanol–water partition coefficient (Wildman–Crippen LogP) is 0.434. The summed E-state index contributed by atoms with van der Waals surface area (Å²) < 4.78 is 18.2. The fraction of sp³-hybridized carbons (Fsp3) is 1.00. The third-order valence-corrected chi connectivity index (χ3v) is 3.74. The van der Waals surface area contributed by atoms with Gasteiger partial charge in [-0.1, -0.05) is 0 Å². The van der Waals surface area contributed by atoms with E-state index in [0.29, 0.717) is 5.92 Å². The van der Waals surface area contributed by atoms with Crippen molar-refractivity contribution in [3.8, 4) is 0 Å². The van der Waals surface area contributed by atoms with Gasteiger partial charge in [-0.3, -0.25) is 4.78 Å². The first-order valence-corrected chi connectivity index (χ1v) is 5.40. The Bertz CT molecular complexity index is 204. The van der Waals surface area contributed by atoms with Crippen molar-refractivity contribution in [2.75, 3.05) is 12.9 Å². The maximum absolute atomic E-state index is 11.0. The van der Waals surface area contributed by atoms with E-state index in [0.717, 1.165) is 12.8 Å². The molecule has 1 atom stereocenters. The molecule has 0 aromatic heterocycles. The molecule has 0 spiro atoms. The van der Waals surface area contributed by atoms with Crippen LogP contribution in [0.25, 0.3) is 0 Å². The van der Waals surface area contributed by atoms with Crippen LogP contribution in [0.1, 0.15) is 12.8 Å². The molecule has 0 radical (unpaired) electrons. The average molecular weight is 163 g/mol. The second-order valence-corrected chi connectivity index (χ2v) is 5.52. The van der Waals surface area contributed by atoms with E-state index in [4.69, 9.17) is 9.89 Å². The monoisotopic (exact) mass is 163 g/mol. The minimum absolute atomic E-state index is 0.0460. The molecule has 60 valence electrons. The van der Waals surface area contributed by atoms with Gasteiger partial charge in [0.15, 0.2) is 0 Å². The van der Waals surface area contributed by atoms with Crippen LogP contribution in [-0.2, 0) is 9.73 Å². The Morgan fingerprint density at radius 2 is 2.20 bits per heavy atom. The van der Waals surface area contributed by atoms with Crippen LogP contribution in [0.4, 0.5) is 0 Å². The van der Waals surface area contributed by atoms with E-state index in [2.05, 4.69) is 0 Å². The highest BCUT2D eigenvalue weighted by Crippen LogP contribution is 2.32. The first-order chi connectivity index (χ1) is 4.54. The fourth-order valence-electron chi connectivity index (χ4n) is 1.19. The molecule has 0 bridgehead atoms. The maximum atomic E-state index is 11.0. The number of nitrogens with one attached hydrogen (secondary N) is 1. The number of aliphatic hydroxyl groups excluding tert-OH is 1. The van der Waals surface area contributed by atoms with Crippen LogP contribution in [0, 0.1) is 10.7 Å². The Labute approximate surface area is 61.4 Å². The molecule has 10 heavy (non-hydrogen) atoms. The number of hydrogen-bond donors (Lipinski definition) is 2. The SMILES string of the molecule is CS(=N)(=O)C1CC(CO)C1. The van der Waals surface area contributed by atoms with Gasteiger partial charge in [0.1, 0.15) is 0 Å². The average Bonchev–Trinajstić information content (AvgIpc) is 1.57. The topological polar surface area (TPSA) is 61.2 Å². The van der Waals surface area contributed by atoms with Crippen LogP contribution in [0.3, 0.4) is 0 Å². The summed E-state index contributed by atoms with van der Waals surface area (Å²) >= 11 is 0. The predicted molar refractivity (Wildman–Crippen MR) is 40.4 cm³/mol. The minimum Gasteiger partial charge on any atom is -0.396 e. The van der Waals surface area contributed by atoms with Crippen molar-refractivity contribution in [1.82, 2.24) is 0 Å². The Morgan fingerprint density at radius 3 is 2.50 bits per heavy atom. The maximum Gasteiger partial charge on any atom is 0.0460 e. The van der Waals surface area contributed by atoms with Crippen LogP contribution in [0.2, 0.25) is 0 Å². The quantitative estimate of drug-likeness (QED) is 0.620. The van der Waals surface area contributed by atoms with Gasteiger partial charge in [0, 0.05) is 27.8 Å². The summed E-state index contributed by atoms with van der Waals surface area (Å²) in [6.07, 6.45) is 3.02. The molecule has 0 heterocycles. The summed E-state index contributed by atoms with van der Waals surface area (Å²) in [5, 5.41) is 8.66. The summed E-state index contributed by atoms with van der Waals surface area (Å²) in [5.41, 5.74) is 0. The van der Waals surface area contributed by atoms with Gasteiger partial charge in [0.2, 0.25) is 0 Å². The minimum atomic E-state index is -2.32. The molecule has 0 aromatic rings. The Balaban J connectivity index is 2.41. The van der Waals surface area contributed by atoms with Crippen LogP contribution in [0.5, 0.6) is 0 Å². The van der Waals surface area contributed by atoms with Gasteiger partial charge in [-0.25, -0.2) is 4.21 Å². The van der Waals surface area contributed by atoms with Crippen LogP contribution >= 0.6 is 0 Å². The van der Waals surface area contributed by atoms with E-state index < -0.39 is 9.73 Å². The van der Waals surface area contributed by atoms with Crippen molar-refractivity contribution in [3.05, 3.63) is 0 Å². The van der Waals surface area contributed by atoms with Crippen molar-refractivity contribution < 1.29 is 9.32 Å². The van der Waals surface area contributed by atoms with Crippen LogP contribution < -0.4 is 0 Å². The molecular formula is C6H13NO2S. The summed E-state index contributed by atoms with van der Waals surface area (Å²) in [6, 6.07) is 0. The molecule has 0 aromatic carbocycles. The molecule has 1 unspecified atom stereocenters. The van der Waals surface area contributed by atoms with Gasteiger partial charge >= 0.3 is 0 Å². The molecule has 0 amide bonds. The fourth-order valence-corrected chi connectivity index (χ4v) is 2.47. The summed E-state index contributed by atoms with van der Waals surface area (Å²) in [4.78, 5) is 0. The zero-order chi connectivity index (χ0) is 7.78. The van der Waals surface area contributed by atoms with Crippen LogP contribution in [-0.4, -0.2) is 27.4 Å². The smallest absolute Gasteiger partial charge is 0.0460 e. The number of aliphatic hydroxyl groups is 1. The lowest BCUT2D eigenvalue weighted by atomic mass is 9.86. The number of rotatable bonds is 2. The Morgan fingerprint density at radius 1 is 1.70 bits per heavy atom. The standard InChI is InChI=1S/C6H13NO2S/c1-10(7,9)6-2-5(3-6)4-8/h5-8H,2-4H2,1H3. The molecule has 0 aliphatic heterocycles. The highest BCUT2D eigenvalue weighted by Gasteiger charge is 2.33. The van der Waals surface area contributed by atoms with E-state index in [1.807, 2.05) is 0 Å². The van der Waals surface area contributed by atoms with Gasteiger partial charge in [0.05, 0.1) is 0 Å². The molecule has 1 fully saturated rings. The lowest BCUT2D eigenvalue weighted by Crippen LogP contribution is -2.36. The molecule has 2 N–H and O–H groups in total. The van der Waals surface area contributed by atoms with Crippen molar-refractivity contribution in [2.24, 2.45) is 5.92 Å². The second-order valence-electron chi connectivity index (χ2n) is 3.05. The highest BCUT2D eigenvalue weighted by molar-refractivity contribution is 7.92. The van der Waals surface area contributed by atoms with Crippen molar-refractivity contribution >= 4 is 9.73 Å². The van der Waals surface area contributed by atoms with Gasteiger partial charge in [-0.15, -0.1) is 0 Å². The lowest BCUT2D eigenvalue weighted by Gasteiger charge is -2.33. The van der Waals surface area contributed by atoms with E-state index in [1.165, 1.54) is 6.26 Å². The summed E-state index contributed by atoms with van der Waals surface area (Å²) in [5.74, 6) is 0.316. The van der Waals surface area contributed by atoms with E-state index >= 15 is 0 Å². The second kappa shape index (κ2) is 2.51. The van der Waals surface area contributed by atoms with Crippen molar-refractivity contribution in [2.45, 2.75) is 18.1 Å². The van der Waals surface area contributed by atoms with Gasteiger partial charge in [-0.2, -0.15) is 0 Å². The van der Waals surface area contributed by atoms with Gasteiger partial charge < -0.3 is 5.11 Å². The molecule has 1 rings (SSSR count). The molecule has 4 heteroatoms. The van der Waals surface area contributed by atoms with Gasteiger partial charge in [0.25, 0.3) is 0 Å². The largest absolute Gasteiger partial charge is 0.396 e. The zero-order valence-corrected chi connectivity index (χ0v) is 6.86. The van der Waals surface area contributed by atoms with Crippen molar-refractivity contribution in [1.29, 1.82) is 4.78 Å². The van der Waals surface area contributed by atoms with Crippen molar-refractivity contribution in [3.63, 3.8) is 0 Å². The third kappa shape index (κ3) is 1.49. The molecule has 0 saturated heterocycles. The van der Waals surface area contributed by atoms with Gasteiger partial charge in [-0.05, 0) is 18.8 Å². The Hall–Kier alpha value is -0.0900. The molecular weight excluding hydrogens is 150 g/mol. The van der Waals surface area contributed by atoms with E-state index in [-0.39, 0.29) is 11.9 Å². The third-order valence-electron chi connectivity index (χ3n) is 2.09. The summed E-state index contributed by atoms with van der Waals surface area (Å²) in [7, 11) is -2.32. The highest BCUT2D eigenvalue weighted by atomic mass is 32.2. The Kier molecular flexibility index (Phi) is 2.01. The molecule has 3 nitrogen and oxygen atoms in total. The van der Waals surface area contributed by atoms with E-state index in [9.17, 15) is 4.21 Å². The molecule has 1 aliphatic rings. The normalized spacial score (nSPS) is 38.2.